The summed E-state index contributed by atoms with van der Waals surface area (Å²) in [6.07, 6.45) is 61.4. The van der Waals surface area contributed by atoms with Crippen LogP contribution in [-0.4, -0.2) is 99.6 Å². The van der Waals surface area contributed by atoms with Crippen LogP contribution in [0.1, 0.15) is 284 Å². The van der Waals surface area contributed by atoms with Gasteiger partial charge < -0.3 is 45.1 Å². The number of allylic oxidation sites excluding steroid dienone is 11. The summed E-state index contributed by atoms with van der Waals surface area (Å²) in [6, 6.07) is -1.06. The Labute approximate surface area is 483 Å². The molecular formula is C68H121NO10. The van der Waals surface area contributed by atoms with Crippen molar-refractivity contribution in [3.05, 3.63) is 72.9 Å². The molecule has 458 valence electrons. The first-order valence-corrected chi connectivity index (χ1v) is 32.8. The van der Waals surface area contributed by atoms with Gasteiger partial charge >= 0.3 is 5.97 Å². The van der Waals surface area contributed by atoms with Crippen LogP contribution in [0.3, 0.4) is 0 Å². The van der Waals surface area contributed by atoms with Gasteiger partial charge in [-0.1, -0.05) is 312 Å². The number of carbonyl (C=O) groups is 2. The second-order valence-corrected chi connectivity index (χ2v) is 22.6. The Morgan fingerprint density at radius 3 is 1.34 bits per heavy atom. The quantitative estimate of drug-likeness (QED) is 0.0149. The molecule has 0 aromatic heterocycles. The van der Waals surface area contributed by atoms with E-state index < -0.39 is 67.4 Å². The fourth-order valence-corrected chi connectivity index (χ4v) is 10.1. The maximum atomic E-state index is 13.3. The van der Waals surface area contributed by atoms with E-state index in [1.54, 1.807) is 6.08 Å². The Morgan fingerprint density at radius 2 is 0.911 bits per heavy atom. The van der Waals surface area contributed by atoms with E-state index in [-0.39, 0.29) is 19.4 Å². The molecule has 8 atom stereocenters. The first kappa shape index (κ1) is 74.1. The summed E-state index contributed by atoms with van der Waals surface area (Å²) in [5.74, 6) is -1.27. The van der Waals surface area contributed by atoms with Crippen molar-refractivity contribution < 1.29 is 49.3 Å². The third-order valence-corrected chi connectivity index (χ3v) is 15.3. The Hall–Kier alpha value is -2.90. The zero-order valence-corrected chi connectivity index (χ0v) is 50.7. The van der Waals surface area contributed by atoms with Crippen molar-refractivity contribution in [2.45, 2.75) is 333 Å². The SMILES string of the molecule is CC/C=C/C=C/C=C\C=C/C=C/CCC(O)C(=O)NC(COC1OC(CO)C(O)C(O)C1OC(=O)CCCCCCCCCCCCCCCCCCCCCCCCCCCCC)C(O)/C=C/CCCCCCCCCCC. The lowest BCUT2D eigenvalue weighted by molar-refractivity contribution is -0.305. The summed E-state index contributed by atoms with van der Waals surface area (Å²) < 4.78 is 17.6. The summed E-state index contributed by atoms with van der Waals surface area (Å²) in [7, 11) is 0. The van der Waals surface area contributed by atoms with Gasteiger partial charge in [0.05, 0.1) is 25.4 Å². The van der Waals surface area contributed by atoms with Gasteiger partial charge in [-0.15, -0.1) is 0 Å². The van der Waals surface area contributed by atoms with Gasteiger partial charge in [-0.25, -0.2) is 0 Å². The highest BCUT2D eigenvalue weighted by Crippen LogP contribution is 2.26. The summed E-state index contributed by atoms with van der Waals surface area (Å²) in [5, 5.41) is 56.8. The first-order valence-electron chi connectivity index (χ1n) is 32.8. The topological polar surface area (TPSA) is 175 Å². The van der Waals surface area contributed by atoms with Crippen LogP contribution in [0, 0.1) is 0 Å². The lowest BCUT2D eigenvalue weighted by Crippen LogP contribution is -2.61. The molecule has 79 heavy (non-hydrogen) atoms. The number of aliphatic hydroxyl groups is 5. The molecule has 0 aromatic rings. The highest BCUT2D eigenvalue weighted by atomic mass is 16.7. The number of rotatable bonds is 55. The second-order valence-electron chi connectivity index (χ2n) is 22.6. The molecule has 0 bridgehead atoms. The van der Waals surface area contributed by atoms with Gasteiger partial charge in [0.2, 0.25) is 5.91 Å². The van der Waals surface area contributed by atoms with Crippen LogP contribution in [0.5, 0.6) is 0 Å². The number of amides is 1. The molecule has 11 heteroatoms. The molecule has 0 aromatic carbocycles. The van der Waals surface area contributed by atoms with E-state index in [4.69, 9.17) is 14.2 Å². The molecule has 1 saturated heterocycles. The number of hydrogen-bond acceptors (Lipinski definition) is 10. The van der Waals surface area contributed by atoms with Gasteiger partial charge in [0.1, 0.15) is 24.4 Å². The Balaban J connectivity index is 2.54. The van der Waals surface area contributed by atoms with Gasteiger partial charge in [0.15, 0.2) is 12.4 Å². The molecule has 0 aliphatic carbocycles. The molecule has 0 saturated carbocycles. The van der Waals surface area contributed by atoms with E-state index in [1.165, 1.54) is 186 Å². The highest BCUT2D eigenvalue weighted by molar-refractivity contribution is 5.80. The van der Waals surface area contributed by atoms with Gasteiger partial charge in [0.25, 0.3) is 0 Å². The standard InChI is InChI=1S/C68H121NO10/c1-4-7-10-13-16-19-22-24-25-26-27-28-29-30-31-32-33-34-35-36-37-38-41-44-47-50-53-56-63(73)79-66-65(75)64(74)62(57-70)78-68(66)77-58-59(60(71)54-51-48-45-42-39-21-18-15-12-9-6-3)69-67(76)61(72)55-52-49-46-43-40-23-20-17-14-11-8-5-2/h8,11,14,17,20,23,40,43,46,49,51,54,59-62,64-66,68,70-72,74-75H,4-7,9-10,12-13,15-16,18-19,21-22,24-39,41-42,44-45,47-48,50,52-53,55-58H2,1-3H3,(H,69,76)/b11-8+,17-14+,23-20-,43-40-,49-46+,54-51+. The van der Waals surface area contributed by atoms with Crippen LogP contribution in [-0.2, 0) is 23.8 Å². The normalized spacial score (nSPS) is 19.3. The van der Waals surface area contributed by atoms with E-state index >= 15 is 0 Å². The number of hydrogen-bond donors (Lipinski definition) is 6. The van der Waals surface area contributed by atoms with E-state index in [2.05, 4.69) is 32.2 Å². The van der Waals surface area contributed by atoms with Crippen LogP contribution < -0.4 is 5.32 Å². The van der Waals surface area contributed by atoms with E-state index in [0.29, 0.717) is 12.8 Å². The Morgan fingerprint density at radius 1 is 0.506 bits per heavy atom. The minimum Gasteiger partial charge on any atom is -0.454 e. The minimum absolute atomic E-state index is 0.116. The van der Waals surface area contributed by atoms with E-state index in [9.17, 15) is 35.1 Å². The molecule has 1 heterocycles. The lowest BCUT2D eigenvalue weighted by Gasteiger charge is -2.41. The largest absolute Gasteiger partial charge is 0.454 e. The maximum absolute atomic E-state index is 13.3. The maximum Gasteiger partial charge on any atom is 0.306 e. The summed E-state index contributed by atoms with van der Waals surface area (Å²) in [6.45, 7) is 5.60. The van der Waals surface area contributed by atoms with Crippen LogP contribution in [0.25, 0.3) is 0 Å². The van der Waals surface area contributed by atoms with Gasteiger partial charge in [0, 0.05) is 6.42 Å². The monoisotopic (exact) mass is 1110 g/mol. The number of aliphatic hydroxyl groups excluding tert-OH is 5. The average molecular weight is 1110 g/mol. The van der Waals surface area contributed by atoms with Crippen molar-refractivity contribution in [2.75, 3.05) is 13.2 Å². The fraction of sp³-hybridized carbons (Fsp3) is 0.794. The lowest BCUT2D eigenvalue weighted by atomic mass is 9.99. The molecule has 0 radical (unpaired) electrons. The Kier molecular flexibility index (Phi) is 52.2. The van der Waals surface area contributed by atoms with Gasteiger partial charge in [-0.2, -0.15) is 0 Å². The molecule has 8 unspecified atom stereocenters. The van der Waals surface area contributed by atoms with Crippen molar-refractivity contribution in [2.24, 2.45) is 0 Å². The second kappa shape index (κ2) is 55.6. The molecule has 1 aliphatic rings. The molecule has 0 spiro atoms. The third-order valence-electron chi connectivity index (χ3n) is 15.3. The number of esters is 1. The number of unbranched alkanes of at least 4 members (excludes halogenated alkanes) is 35. The van der Waals surface area contributed by atoms with Crippen molar-refractivity contribution in [1.29, 1.82) is 0 Å². The third kappa shape index (κ3) is 43.5. The molecule has 1 rings (SSSR count). The summed E-state index contributed by atoms with van der Waals surface area (Å²) in [4.78, 5) is 26.5. The fourth-order valence-electron chi connectivity index (χ4n) is 10.1. The van der Waals surface area contributed by atoms with Crippen LogP contribution >= 0.6 is 0 Å². The number of ether oxygens (including phenoxy) is 3. The number of carbonyl (C=O) groups excluding carboxylic acids is 2. The summed E-state index contributed by atoms with van der Waals surface area (Å²) in [5.41, 5.74) is 0. The van der Waals surface area contributed by atoms with Gasteiger partial charge in [-0.3, -0.25) is 9.59 Å². The van der Waals surface area contributed by atoms with Crippen molar-refractivity contribution >= 4 is 11.9 Å². The highest BCUT2D eigenvalue weighted by Gasteiger charge is 2.47. The van der Waals surface area contributed by atoms with Crippen LogP contribution in [0.15, 0.2) is 72.9 Å². The van der Waals surface area contributed by atoms with E-state index in [1.807, 2.05) is 60.8 Å². The molecule has 1 aliphatic heterocycles. The molecule has 11 nitrogen and oxygen atoms in total. The average Bonchev–Trinajstić information content (AvgIpc) is 3.44. The molecular weight excluding hydrogens is 991 g/mol. The zero-order chi connectivity index (χ0) is 57.5. The van der Waals surface area contributed by atoms with Crippen molar-refractivity contribution in [3.63, 3.8) is 0 Å². The predicted molar refractivity (Wildman–Crippen MR) is 329 cm³/mol. The molecule has 1 fully saturated rings. The van der Waals surface area contributed by atoms with E-state index in [0.717, 1.165) is 51.4 Å². The first-order chi connectivity index (χ1) is 38.7. The number of nitrogens with one attached hydrogen (secondary N) is 1. The van der Waals surface area contributed by atoms with Crippen molar-refractivity contribution in [3.8, 4) is 0 Å². The smallest absolute Gasteiger partial charge is 0.306 e. The predicted octanol–water partition coefficient (Wildman–Crippen LogP) is 16.0. The zero-order valence-electron chi connectivity index (χ0n) is 50.7. The van der Waals surface area contributed by atoms with Crippen molar-refractivity contribution in [1.82, 2.24) is 5.32 Å². The summed E-state index contributed by atoms with van der Waals surface area (Å²) >= 11 is 0. The van der Waals surface area contributed by atoms with Gasteiger partial charge in [-0.05, 0) is 38.5 Å². The van der Waals surface area contributed by atoms with Crippen LogP contribution in [0.2, 0.25) is 0 Å². The Bertz CT molecular complexity index is 1560. The minimum atomic E-state index is -1.63. The molecule has 1 amide bonds. The molecule has 6 N–H and O–H groups in total. The van der Waals surface area contributed by atoms with Crippen LogP contribution in [0.4, 0.5) is 0 Å².